The van der Waals surface area contributed by atoms with Gasteiger partial charge in [0.05, 0.1) is 6.61 Å². The van der Waals surface area contributed by atoms with Crippen LogP contribution in [-0.4, -0.2) is 20.3 Å². The molecule has 0 aromatic rings. The highest BCUT2D eigenvalue weighted by atomic mass is 28.3. The molecule has 0 aliphatic rings. The van der Waals surface area contributed by atoms with E-state index in [0.29, 0.717) is 6.61 Å². The summed E-state index contributed by atoms with van der Waals surface area (Å²) in [4.78, 5) is 11.6. The molecule has 0 saturated heterocycles. The van der Waals surface area contributed by atoms with Crippen molar-refractivity contribution in [3.8, 4) is 0 Å². The standard InChI is InChI=1S/C10H18O2Si/c1-5-9-13(7-3,8-4)10(11)12-6-2/h7-8H,3-6,9H2,1-2H3. The summed E-state index contributed by atoms with van der Waals surface area (Å²) >= 11 is 0. The largest absolute Gasteiger partial charge is 0.470 e. The van der Waals surface area contributed by atoms with Gasteiger partial charge < -0.3 is 4.74 Å². The van der Waals surface area contributed by atoms with Gasteiger partial charge in [0.2, 0.25) is 8.07 Å². The molecule has 13 heavy (non-hydrogen) atoms. The van der Waals surface area contributed by atoms with Crippen LogP contribution in [0.3, 0.4) is 0 Å². The Morgan fingerprint density at radius 3 is 2.23 bits per heavy atom. The van der Waals surface area contributed by atoms with E-state index in [2.05, 4.69) is 13.2 Å². The second kappa shape index (κ2) is 5.75. The van der Waals surface area contributed by atoms with E-state index in [-0.39, 0.29) is 5.59 Å². The van der Waals surface area contributed by atoms with E-state index in [1.54, 1.807) is 11.4 Å². The van der Waals surface area contributed by atoms with E-state index in [9.17, 15) is 4.79 Å². The molecule has 0 saturated carbocycles. The first-order valence-electron chi connectivity index (χ1n) is 4.61. The van der Waals surface area contributed by atoms with Crippen molar-refractivity contribution >= 4 is 13.7 Å². The van der Waals surface area contributed by atoms with Crippen LogP contribution in [0.5, 0.6) is 0 Å². The van der Waals surface area contributed by atoms with Gasteiger partial charge >= 0.3 is 0 Å². The summed E-state index contributed by atoms with van der Waals surface area (Å²) in [5.41, 5.74) is 3.39. The maximum absolute atomic E-state index is 11.6. The van der Waals surface area contributed by atoms with Gasteiger partial charge in [0.15, 0.2) is 0 Å². The zero-order valence-corrected chi connectivity index (χ0v) is 9.51. The van der Waals surface area contributed by atoms with Crippen molar-refractivity contribution in [3.05, 3.63) is 24.6 Å². The van der Waals surface area contributed by atoms with E-state index in [4.69, 9.17) is 4.74 Å². The molecule has 0 aromatic carbocycles. The minimum absolute atomic E-state index is 0.109. The Kier molecular flexibility index (Phi) is 5.38. The maximum atomic E-state index is 11.6. The van der Waals surface area contributed by atoms with E-state index in [1.165, 1.54) is 0 Å². The molecular formula is C10H18O2Si. The fraction of sp³-hybridized carbons (Fsp3) is 0.500. The molecule has 0 atom stereocenters. The molecule has 3 heteroatoms. The molecule has 0 aliphatic heterocycles. The van der Waals surface area contributed by atoms with Gasteiger partial charge in [0, 0.05) is 0 Å². The first-order chi connectivity index (χ1) is 6.16. The van der Waals surface area contributed by atoms with Crippen LogP contribution in [0.2, 0.25) is 6.04 Å². The zero-order chi connectivity index (χ0) is 10.3. The molecule has 0 aliphatic carbocycles. The molecule has 0 heterocycles. The molecule has 0 bridgehead atoms. The van der Waals surface area contributed by atoms with E-state index in [0.717, 1.165) is 12.5 Å². The lowest BCUT2D eigenvalue weighted by Gasteiger charge is -2.20. The Morgan fingerprint density at radius 2 is 1.92 bits per heavy atom. The second-order valence-corrected chi connectivity index (χ2v) is 6.72. The number of rotatable bonds is 6. The van der Waals surface area contributed by atoms with Crippen molar-refractivity contribution in [2.24, 2.45) is 0 Å². The van der Waals surface area contributed by atoms with Crippen LogP contribution in [0.1, 0.15) is 20.3 Å². The molecule has 0 radical (unpaired) electrons. The summed E-state index contributed by atoms with van der Waals surface area (Å²) in [6, 6.07) is 0.846. The molecule has 0 amide bonds. The van der Waals surface area contributed by atoms with Crippen LogP contribution in [0.4, 0.5) is 4.79 Å². The molecule has 0 spiro atoms. The highest BCUT2D eigenvalue weighted by Crippen LogP contribution is 2.17. The number of carbonyl (C=O) groups is 1. The fourth-order valence-corrected chi connectivity index (χ4v) is 3.59. The minimum atomic E-state index is -2.20. The van der Waals surface area contributed by atoms with Gasteiger partial charge in [-0.2, -0.15) is 0 Å². The summed E-state index contributed by atoms with van der Waals surface area (Å²) in [6.45, 7) is 11.7. The van der Waals surface area contributed by atoms with Gasteiger partial charge in [-0.25, -0.2) is 0 Å². The average molecular weight is 198 g/mol. The van der Waals surface area contributed by atoms with E-state index < -0.39 is 8.07 Å². The van der Waals surface area contributed by atoms with Crippen LogP contribution < -0.4 is 0 Å². The molecule has 0 rings (SSSR count). The van der Waals surface area contributed by atoms with Crippen LogP contribution in [0.15, 0.2) is 24.6 Å². The molecule has 74 valence electrons. The average Bonchev–Trinajstić information content (AvgIpc) is 2.14. The molecular weight excluding hydrogens is 180 g/mol. The number of ether oxygens (including phenoxy) is 1. The first-order valence-corrected chi connectivity index (χ1v) is 6.97. The Morgan fingerprint density at radius 1 is 1.38 bits per heavy atom. The van der Waals surface area contributed by atoms with Crippen molar-refractivity contribution in [2.45, 2.75) is 26.3 Å². The van der Waals surface area contributed by atoms with Gasteiger partial charge in [-0.05, 0) is 13.0 Å². The monoisotopic (exact) mass is 198 g/mol. The third-order valence-corrected chi connectivity index (χ3v) is 5.74. The molecule has 0 fully saturated rings. The summed E-state index contributed by atoms with van der Waals surface area (Å²) in [6.07, 6.45) is 0.961. The topological polar surface area (TPSA) is 26.3 Å². The first kappa shape index (κ1) is 12.2. The predicted octanol–water partition coefficient (Wildman–Crippen LogP) is 3.03. The van der Waals surface area contributed by atoms with Gasteiger partial charge in [0.25, 0.3) is 5.59 Å². The maximum Gasteiger partial charge on any atom is 0.281 e. The summed E-state index contributed by atoms with van der Waals surface area (Å²) in [5, 5.41) is 0. The number of hydrogen-bond donors (Lipinski definition) is 0. The summed E-state index contributed by atoms with van der Waals surface area (Å²) in [5.74, 6) is 0. The van der Waals surface area contributed by atoms with Crippen molar-refractivity contribution < 1.29 is 9.53 Å². The molecule has 0 N–H and O–H groups in total. The second-order valence-electron chi connectivity index (χ2n) is 2.92. The smallest absolute Gasteiger partial charge is 0.281 e. The van der Waals surface area contributed by atoms with Gasteiger partial charge in [-0.1, -0.05) is 24.7 Å². The van der Waals surface area contributed by atoms with Crippen LogP contribution in [0, 0.1) is 0 Å². The predicted molar refractivity (Wildman–Crippen MR) is 58.3 cm³/mol. The normalized spacial score (nSPS) is 10.6. The SMILES string of the molecule is C=C[Si](C=C)(CCC)C(=O)OCC. The van der Waals surface area contributed by atoms with Gasteiger partial charge in [-0.3, -0.25) is 4.79 Å². The van der Waals surface area contributed by atoms with E-state index >= 15 is 0 Å². The number of carbonyl (C=O) groups excluding carboxylic acids is 1. The summed E-state index contributed by atoms with van der Waals surface area (Å²) in [7, 11) is -2.20. The highest BCUT2D eigenvalue weighted by molar-refractivity contribution is 7.11. The Hall–Kier alpha value is -0.833. The Bertz CT molecular complexity index is 191. The van der Waals surface area contributed by atoms with Crippen molar-refractivity contribution in [1.82, 2.24) is 0 Å². The summed E-state index contributed by atoms with van der Waals surface area (Å²) < 4.78 is 5.02. The third kappa shape index (κ3) is 2.84. The van der Waals surface area contributed by atoms with E-state index in [1.807, 2.05) is 13.8 Å². The van der Waals surface area contributed by atoms with Gasteiger partial charge in [-0.15, -0.1) is 13.2 Å². The lowest BCUT2D eigenvalue weighted by atomic mass is 10.6. The quantitative estimate of drug-likeness (QED) is 0.613. The molecule has 0 aromatic heterocycles. The highest BCUT2D eigenvalue weighted by Gasteiger charge is 2.36. The lowest BCUT2D eigenvalue weighted by Crippen LogP contribution is -2.41. The van der Waals surface area contributed by atoms with Crippen LogP contribution >= 0.6 is 0 Å². The van der Waals surface area contributed by atoms with Crippen LogP contribution in [-0.2, 0) is 4.74 Å². The zero-order valence-electron chi connectivity index (χ0n) is 8.51. The fourth-order valence-electron chi connectivity index (χ4n) is 1.24. The van der Waals surface area contributed by atoms with Crippen LogP contribution in [0.25, 0.3) is 0 Å². The van der Waals surface area contributed by atoms with Crippen molar-refractivity contribution in [3.63, 3.8) is 0 Å². The minimum Gasteiger partial charge on any atom is -0.470 e. The Labute approximate surface area is 81.3 Å². The van der Waals surface area contributed by atoms with Crippen molar-refractivity contribution in [1.29, 1.82) is 0 Å². The lowest BCUT2D eigenvalue weighted by molar-refractivity contribution is 0.177. The molecule has 2 nitrogen and oxygen atoms in total. The number of hydrogen-bond acceptors (Lipinski definition) is 2. The Balaban J connectivity index is 4.63. The van der Waals surface area contributed by atoms with Gasteiger partial charge in [0.1, 0.15) is 0 Å². The van der Waals surface area contributed by atoms with Crippen molar-refractivity contribution in [2.75, 3.05) is 6.61 Å². The molecule has 0 unspecified atom stereocenters. The third-order valence-electron chi connectivity index (χ3n) is 2.05.